The lowest BCUT2D eigenvalue weighted by atomic mass is 10.2. The van der Waals surface area contributed by atoms with E-state index in [0.717, 1.165) is 12.1 Å². The van der Waals surface area contributed by atoms with Crippen LogP contribution in [-0.4, -0.2) is 8.42 Å². The number of nitrogens with one attached hydrogen (secondary N) is 1. The molecule has 0 heterocycles. The standard InChI is InChI=1S/C7H7F3N2O2S.ClH/c8-7(9,10)5-1-3-6(4-2-5)15(13,14)12-11;/h1-4,12H,11H2;1H. The smallest absolute Gasteiger partial charge is 0.257 e. The lowest BCUT2D eigenvalue weighted by Crippen LogP contribution is -2.30. The maximum Gasteiger partial charge on any atom is 0.416 e. The second-order valence-corrected chi connectivity index (χ2v) is 4.36. The number of sulfonamides is 1. The van der Waals surface area contributed by atoms with Crippen molar-refractivity contribution in [1.82, 2.24) is 4.83 Å². The van der Waals surface area contributed by atoms with E-state index in [1.54, 1.807) is 0 Å². The maximum absolute atomic E-state index is 12.1. The SMILES string of the molecule is Cl.NNS(=O)(=O)c1ccc(C(F)(F)F)cc1. The highest BCUT2D eigenvalue weighted by molar-refractivity contribution is 7.89. The van der Waals surface area contributed by atoms with E-state index < -0.39 is 21.8 Å². The molecule has 4 nitrogen and oxygen atoms in total. The molecule has 0 spiro atoms. The molecule has 9 heteroatoms. The normalized spacial score (nSPS) is 12.0. The fourth-order valence-corrected chi connectivity index (χ4v) is 1.52. The molecule has 92 valence electrons. The Hall–Kier alpha value is -0.830. The van der Waals surface area contributed by atoms with E-state index >= 15 is 0 Å². The van der Waals surface area contributed by atoms with Gasteiger partial charge in [0, 0.05) is 0 Å². The Morgan fingerprint density at radius 3 is 1.88 bits per heavy atom. The van der Waals surface area contributed by atoms with Crippen LogP contribution in [0.4, 0.5) is 13.2 Å². The van der Waals surface area contributed by atoms with Gasteiger partial charge in [-0.25, -0.2) is 8.42 Å². The van der Waals surface area contributed by atoms with Crippen molar-refractivity contribution >= 4 is 22.4 Å². The summed E-state index contributed by atoms with van der Waals surface area (Å²) in [6.07, 6.45) is -4.49. The van der Waals surface area contributed by atoms with Crippen molar-refractivity contribution < 1.29 is 21.6 Å². The minimum absolute atomic E-state index is 0. The zero-order valence-electron chi connectivity index (χ0n) is 7.65. The van der Waals surface area contributed by atoms with Crippen LogP contribution in [-0.2, 0) is 16.2 Å². The summed E-state index contributed by atoms with van der Waals surface area (Å²) in [6.45, 7) is 0. The van der Waals surface area contributed by atoms with Crippen molar-refractivity contribution in [3.05, 3.63) is 29.8 Å². The molecule has 0 unspecified atom stereocenters. The Kier molecular flexibility index (Phi) is 4.74. The first kappa shape index (κ1) is 15.2. The van der Waals surface area contributed by atoms with E-state index in [1.165, 1.54) is 4.83 Å². The second-order valence-electron chi connectivity index (χ2n) is 2.64. The molecule has 3 N–H and O–H groups in total. The van der Waals surface area contributed by atoms with Crippen LogP contribution in [0.15, 0.2) is 29.2 Å². The molecule has 0 aliphatic heterocycles. The highest BCUT2D eigenvalue weighted by Gasteiger charge is 2.30. The Morgan fingerprint density at radius 2 is 1.56 bits per heavy atom. The molecule has 0 aliphatic carbocycles. The molecule has 0 atom stereocenters. The lowest BCUT2D eigenvalue weighted by molar-refractivity contribution is -0.137. The fraction of sp³-hybridized carbons (Fsp3) is 0.143. The van der Waals surface area contributed by atoms with Crippen LogP contribution in [0.5, 0.6) is 0 Å². The highest BCUT2D eigenvalue weighted by Crippen LogP contribution is 2.29. The highest BCUT2D eigenvalue weighted by atomic mass is 35.5. The molecule has 1 aromatic rings. The quantitative estimate of drug-likeness (QED) is 0.631. The maximum atomic E-state index is 12.1. The number of alkyl halides is 3. The molecular weight excluding hydrogens is 269 g/mol. The lowest BCUT2D eigenvalue weighted by Gasteiger charge is -2.07. The van der Waals surface area contributed by atoms with Gasteiger partial charge >= 0.3 is 6.18 Å². The molecule has 0 aromatic heterocycles. The molecule has 0 saturated carbocycles. The topological polar surface area (TPSA) is 72.2 Å². The van der Waals surface area contributed by atoms with Crippen molar-refractivity contribution in [3.63, 3.8) is 0 Å². The average molecular weight is 277 g/mol. The molecule has 0 radical (unpaired) electrons. The molecule has 0 fully saturated rings. The van der Waals surface area contributed by atoms with E-state index in [9.17, 15) is 21.6 Å². The van der Waals surface area contributed by atoms with Gasteiger partial charge in [0.25, 0.3) is 10.0 Å². The zero-order chi connectivity index (χ0) is 11.7. The van der Waals surface area contributed by atoms with E-state index in [0.29, 0.717) is 12.1 Å². The summed E-state index contributed by atoms with van der Waals surface area (Å²) in [6, 6.07) is 3.00. The van der Waals surface area contributed by atoms with Gasteiger partial charge in [-0.3, -0.25) is 5.84 Å². The van der Waals surface area contributed by atoms with Crippen LogP contribution in [0.1, 0.15) is 5.56 Å². The monoisotopic (exact) mass is 276 g/mol. The first-order valence-electron chi connectivity index (χ1n) is 3.67. The third kappa shape index (κ3) is 3.34. The first-order chi connectivity index (χ1) is 6.77. The second kappa shape index (κ2) is 5.00. The van der Waals surface area contributed by atoms with Crippen molar-refractivity contribution in [2.45, 2.75) is 11.1 Å². The van der Waals surface area contributed by atoms with Gasteiger partial charge in [0.2, 0.25) is 0 Å². The van der Waals surface area contributed by atoms with Crippen LogP contribution < -0.4 is 10.7 Å². The third-order valence-electron chi connectivity index (χ3n) is 1.65. The number of halogens is 4. The number of hydrogen-bond donors (Lipinski definition) is 2. The van der Waals surface area contributed by atoms with Gasteiger partial charge in [-0.15, -0.1) is 12.4 Å². The Labute approximate surface area is 96.1 Å². The van der Waals surface area contributed by atoms with Crippen molar-refractivity contribution in [2.24, 2.45) is 5.84 Å². The number of hydrazine groups is 1. The number of nitrogens with two attached hydrogens (primary N) is 1. The van der Waals surface area contributed by atoms with E-state index in [4.69, 9.17) is 5.84 Å². The molecule has 0 aliphatic rings. The van der Waals surface area contributed by atoms with Crippen LogP contribution in [0.3, 0.4) is 0 Å². The Bertz CT molecular complexity index is 444. The molecule has 16 heavy (non-hydrogen) atoms. The van der Waals surface area contributed by atoms with Gasteiger partial charge in [-0.05, 0) is 24.3 Å². The van der Waals surface area contributed by atoms with E-state index in [1.807, 2.05) is 0 Å². The summed E-state index contributed by atoms with van der Waals surface area (Å²) in [5.74, 6) is 4.70. The molecule has 1 aromatic carbocycles. The fourth-order valence-electron chi connectivity index (χ4n) is 0.891. The number of benzene rings is 1. The van der Waals surface area contributed by atoms with E-state index in [2.05, 4.69) is 0 Å². The van der Waals surface area contributed by atoms with Crippen molar-refractivity contribution in [1.29, 1.82) is 0 Å². The first-order valence-corrected chi connectivity index (χ1v) is 5.15. The summed E-state index contributed by atoms with van der Waals surface area (Å²) < 4.78 is 58.4. The van der Waals surface area contributed by atoms with Gasteiger partial charge in [0.1, 0.15) is 0 Å². The average Bonchev–Trinajstić information content (AvgIpc) is 2.17. The minimum atomic E-state index is -4.49. The third-order valence-corrected chi connectivity index (χ3v) is 2.85. The van der Waals surface area contributed by atoms with Crippen molar-refractivity contribution in [2.75, 3.05) is 0 Å². The molecule has 1 rings (SSSR count). The summed E-state index contributed by atoms with van der Waals surface area (Å²) in [5.41, 5.74) is -0.918. The molecule has 0 bridgehead atoms. The van der Waals surface area contributed by atoms with Crippen LogP contribution in [0.25, 0.3) is 0 Å². The molecule has 0 amide bonds. The van der Waals surface area contributed by atoms with Gasteiger partial charge < -0.3 is 0 Å². The van der Waals surface area contributed by atoms with Crippen LogP contribution in [0.2, 0.25) is 0 Å². The van der Waals surface area contributed by atoms with Crippen LogP contribution in [0, 0.1) is 0 Å². The van der Waals surface area contributed by atoms with Gasteiger partial charge in [-0.2, -0.15) is 18.0 Å². The van der Waals surface area contributed by atoms with Crippen molar-refractivity contribution in [3.8, 4) is 0 Å². The minimum Gasteiger partial charge on any atom is -0.257 e. The summed E-state index contributed by atoms with van der Waals surface area (Å²) in [7, 11) is -3.90. The van der Waals surface area contributed by atoms with Gasteiger partial charge in [-0.1, -0.05) is 0 Å². The summed E-state index contributed by atoms with van der Waals surface area (Å²) in [5, 5.41) is 0. The van der Waals surface area contributed by atoms with Gasteiger partial charge in [0.15, 0.2) is 0 Å². The zero-order valence-corrected chi connectivity index (χ0v) is 9.29. The Morgan fingerprint density at radius 1 is 1.12 bits per heavy atom. The van der Waals surface area contributed by atoms with Gasteiger partial charge in [0.05, 0.1) is 10.5 Å². The van der Waals surface area contributed by atoms with Crippen LogP contribution >= 0.6 is 12.4 Å². The molecule has 0 saturated heterocycles. The Balaban J connectivity index is 0.00000225. The largest absolute Gasteiger partial charge is 0.416 e. The summed E-state index contributed by atoms with van der Waals surface area (Å²) in [4.78, 5) is 1.19. The number of rotatable bonds is 2. The number of hydrogen-bond acceptors (Lipinski definition) is 3. The predicted octanol–water partition coefficient (Wildman–Crippen LogP) is 1.28. The summed E-state index contributed by atoms with van der Waals surface area (Å²) >= 11 is 0. The molecular formula is C7H8ClF3N2O2S. The van der Waals surface area contributed by atoms with E-state index in [-0.39, 0.29) is 17.3 Å². The predicted molar refractivity (Wildman–Crippen MR) is 53.2 cm³/mol.